The average Bonchev–Trinajstić information content (AvgIpc) is 3.38. The molecule has 2 aromatic carbocycles. The van der Waals surface area contributed by atoms with Gasteiger partial charge in [-0.1, -0.05) is 56.7 Å². The Kier molecular flexibility index (Phi) is 5.67. The molecule has 3 aromatic rings. The predicted octanol–water partition coefficient (Wildman–Crippen LogP) is 3.95. The van der Waals surface area contributed by atoms with Gasteiger partial charge in [0.25, 0.3) is 0 Å². The molecule has 1 saturated carbocycles. The molecule has 4 rings (SSSR count). The first-order valence-corrected chi connectivity index (χ1v) is 10.6. The maximum Gasteiger partial charge on any atom is 0.417 e. The maximum atomic E-state index is 13.2. The van der Waals surface area contributed by atoms with Crippen LogP contribution in [0.25, 0.3) is 11.1 Å². The van der Waals surface area contributed by atoms with Gasteiger partial charge in [0.15, 0.2) is 5.58 Å². The molecule has 162 valence electrons. The molecule has 1 heterocycles. The van der Waals surface area contributed by atoms with Crippen molar-refractivity contribution in [3.05, 3.63) is 69.7 Å². The fraction of sp³-hybridized carbons (Fsp3) is 0.375. The Hall–Kier alpha value is -3.35. The van der Waals surface area contributed by atoms with Crippen molar-refractivity contribution in [2.75, 3.05) is 0 Å². The molecule has 0 spiro atoms. The summed E-state index contributed by atoms with van der Waals surface area (Å²) in [5.74, 6) is -2.66. The molecule has 1 aromatic heterocycles. The minimum absolute atomic E-state index is 0.286. The molecular weight excluding hydrogens is 396 g/mol. The third-order valence-corrected chi connectivity index (χ3v) is 6.19. The number of rotatable bonds is 6. The lowest BCUT2D eigenvalue weighted by Crippen LogP contribution is -2.38. The number of carbonyl (C=O) groups excluding carboxylic acids is 1. The number of aromatic amines is 1. The van der Waals surface area contributed by atoms with Gasteiger partial charge in [0, 0.05) is 5.56 Å². The second-order valence-corrected chi connectivity index (χ2v) is 8.48. The highest BCUT2D eigenvalue weighted by molar-refractivity contribution is 5.86. The molecule has 0 unspecified atom stereocenters. The number of nitrogens with one attached hydrogen (secondary N) is 2. The quantitative estimate of drug-likeness (QED) is 0.557. The van der Waals surface area contributed by atoms with Crippen molar-refractivity contribution in [2.45, 2.75) is 45.1 Å². The molecule has 31 heavy (non-hydrogen) atoms. The Morgan fingerprint density at radius 2 is 1.74 bits per heavy atom. The van der Waals surface area contributed by atoms with Crippen LogP contribution < -0.4 is 11.1 Å². The minimum Gasteiger partial charge on any atom is -0.481 e. The van der Waals surface area contributed by atoms with Crippen molar-refractivity contribution in [3.63, 3.8) is 0 Å². The van der Waals surface area contributed by atoms with Crippen LogP contribution in [-0.2, 0) is 9.59 Å². The van der Waals surface area contributed by atoms with E-state index in [1.165, 1.54) is 5.56 Å². The summed E-state index contributed by atoms with van der Waals surface area (Å²) in [6, 6.07) is 12.7. The number of carbonyl (C=O) groups is 2. The van der Waals surface area contributed by atoms with Crippen LogP contribution in [0, 0.1) is 11.8 Å². The maximum absolute atomic E-state index is 13.2. The molecular formula is C24H26N2O5. The predicted molar refractivity (Wildman–Crippen MR) is 116 cm³/mol. The lowest BCUT2D eigenvalue weighted by atomic mass is 9.92. The van der Waals surface area contributed by atoms with E-state index in [4.69, 9.17) is 4.42 Å². The van der Waals surface area contributed by atoms with Crippen LogP contribution in [0.4, 0.5) is 0 Å². The third kappa shape index (κ3) is 4.13. The number of fused-ring (bicyclic) bond motifs is 1. The monoisotopic (exact) mass is 422 g/mol. The normalized spacial score (nSPS) is 19.6. The fourth-order valence-electron chi connectivity index (χ4n) is 4.47. The van der Waals surface area contributed by atoms with E-state index < -0.39 is 29.6 Å². The summed E-state index contributed by atoms with van der Waals surface area (Å²) in [5.41, 5.74) is 3.64. The van der Waals surface area contributed by atoms with Crippen LogP contribution >= 0.6 is 0 Å². The summed E-state index contributed by atoms with van der Waals surface area (Å²) in [4.78, 5) is 39.3. The van der Waals surface area contributed by atoms with Gasteiger partial charge < -0.3 is 14.8 Å². The summed E-state index contributed by atoms with van der Waals surface area (Å²) in [6.45, 7) is 4.22. The number of para-hydroxylation sites is 1. The molecule has 7 nitrogen and oxygen atoms in total. The molecule has 7 heteroatoms. The fourth-order valence-corrected chi connectivity index (χ4v) is 4.47. The van der Waals surface area contributed by atoms with Crippen molar-refractivity contribution in [1.29, 1.82) is 0 Å². The topological polar surface area (TPSA) is 112 Å². The van der Waals surface area contributed by atoms with Crippen LogP contribution in [0.3, 0.4) is 0 Å². The molecule has 1 amide bonds. The molecule has 0 aliphatic heterocycles. The second-order valence-electron chi connectivity index (χ2n) is 8.48. The van der Waals surface area contributed by atoms with Crippen molar-refractivity contribution < 1.29 is 19.1 Å². The van der Waals surface area contributed by atoms with Crippen LogP contribution in [0.2, 0.25) is 0 Å². The number of aliphatic carboxylic acids is 1. The Morgan fingerprint density at radius 1 is 1.06 bits per heavy atom. The van der Waals surface area contributed by atoms with E-state index in [0.29, 0.717) is 41.8 Å². The van der Waals surface area contributed by atoms with Crippen LogP contribution in [0.5, 0.6) is 0 Å². The van der Waals surface area contributed by atoms with Crippen molar-refractivity contribution in [1.82, 2.24) is 10.3 Å². The highest BCUT2D eigenvalue weighted by atomic mass is 16.4. The lowest BCUT2D eigenvalue weighted by molar-refractivity contribution is -0.146. The average molecular weight is 422 g/mol. The molecule has 1 fully saturated rings. The van der Waals surface area contributed by atoms with Gasteiger partial charge in [-0.25, -0.2) is 4.79 Å². The number of H-pyrrole nitrogens is 1. The number of carboxylic acids is 1. The minimum atomic E-state index is -0.934. The van der Waals surface area contributed by atoms with E-state index in [-0.39, 0.29) is 5.91 Å². The van der Waals surface area contributed by atoms with Crippen molar-refractivity contribution in [3.8, 4) is 0 Å². The molecule has 1 aliphatic carbocycles. The molecule has 1 aliphatic rings. The first-order chi connectivity index (χ1) is 14.8. The number of benzene rings is 2. The van der Waals surface area contributed by atoms with Gasteiger partial charge in [-0.05, 0) is 36.0 Å². The zero-order chi connectivity index (χ0) is 22.1. The number of amides is 1. The van der Waals surface area contributed by atoms with Crippen LogP contribution in [0.1, 0.15) is 61.8 Å². The Morgan fingerprint density at radius 3 is 2.42 bits per heavy atom. The molecule has 0 bridgehead atoms. The number of aromatic nitrogens is 1. The standard InChI is InChI=1S/C24H26N2O5/c1-13(2)14-9-11-15(12-10-14)20(18-7-4-8-19-21(18)26-24(30)31-19)25-22(27)16-5-3-6-17(16)23(28)29/h4,7-13,16-17,20H,3,5-6H2,1-2H3,(H,25,27)(H,26,30)(H,28,29)/t16-,17+,20-/m1/s1. The zero-order valence-corrected chi connectivity index (χ0v) is 17.6. The van der Waals surface area contributed by atoms with Gasteiger partial charge in [-0.15, -0.1) is 0 Å². The summed E-state index contributed by atoms with van der Waals surface area (Å²) >= 11 is 0. The second kappa shape index (κ2) is 8.41. The Bertz CT molecular complexity index is 1160. The van der Waals surface area contributed by atoms with Gasteiger partial charge in [0.05, 0.1) is 23.4 Å². The highest BCUT2D eigenvalue weighted by Crippen LogP contribution is 2.34. The van der Waals surface area contributed by atoms with E-state index in [9.17, 15) is 19.5 Å². The van der Waals surface area contributed by atoms with Gasteiger partial charge in [-0.2, -0.15) is 0 Å². The number of oxazole rings is 1. The van der Waals surface area contributed by atoms with E-state index in [0.717, 1.165) is 5.56 Å². The van der Waals surface area contributed by atoms with Crippen LogP contribution in [-0.4, -0.2) is 22.0 Å². The summed E-state index contributed by atoms with van der Waals surface area (Å²) in [5, 5.41) is 12.6. The molecule has 0 saturated heterocycles. The number of hydrogen-bond acceptors (Lipinski definition) is 4. The first-order valence-electron chi connectivity index (χ1n) is 10.6. The SMILES string of the molecule is CC(C)c1ccc([C@@H](NC(=O)[C@@H]2CCC[C@@H]2C(=O)O)c2cccc3oc(=O)[nH]c23)cc1. The van der Waals surface area contributed by atoms with Crippen LogP contribution in [0.15, 0.2) is 51.7 Å². The number of carboxylic acid groups (broad SMARTS) is 1. The Balaban J connectivity index is 1.74. The van der Waals surface area contributed by atoms with E-state index in [1.54, 1.807) is 12.1 Å². The zero-order valence-electron chi connectivity index (χ0n) is 17.6. The number of hydrogen-bond donors (Lipinski definition) is 3. The van der Waals surface area contributed by atoms with Crippen molar-refractivity contribution >= 4 is 23.0 Å². The summed E-state index contributed by atoms with van der Waals surface area (Å²) in [7, 11) is 0. The van der Waals surface area contributed by atoms with E-state index >= 15 is 0 Å². The molecule has 3 N–H and O–H groups in total. The van der Waals surface area contributed by atoms with Gasteiger partial charge >= 0.3 is 11.7 Å². The van der Waals surface area contributed by atoms with Gasteiger partial charge in [-0.3, -0.25) is 14.6 Å². The first kappa shape index (κ1) is 20.9. The highest BCUT2D eigenvalue weighted by Gasteiger charge is 2.38. The van der Waals surface area contributed by atoms with E-state index in [1.807, 2.05) is 30.3 Å². The molecule has 3 atom stereocenters. The van der Waals surface area contributed by atoms with Crippen molar-refractivity contribution in [2.24, 2.45) is 11.8 Å². The summed E-state index contributed by atoms with van der Waals surface area (Å²) < 4.78 is 5.20. The molecule has 0 radical (unpaired) electrons. The van der Waals surface area contributed by atoms with E-state index in [2.05, 4.69) is 24.1 Å². The Labute approximate surface area is 179 Å². The summed E-state index contributed by atoms with van der Waals surface area (Å²) in [6.07, 6.45) is 1.77. The smallest absolute Gasteiger partial charge is 0.417 e. The lowest BCUT2D eigenvalue weighted by Gasteiger charge is -2.24. The largest absolute Gasteiger partial charge is 0.481 e. The third-order valence-electron chi connectivity index (χ3n) is 6.19. The van der Waals surface area contributed by atoms with Gasteiger partial charge in [0.2, 0.25) is 5.91 Å². The van der Waals surface area contributed by atoms with Gasteiger partial charge in [0.1, 0.15) is 0 Å².